The number of halogens is 1. The number of nitrogens with zero attached hydrogens (tertiary/aromatic N) is 1. The second-order valence-electron chi connectivity index (χ2n) is 5.09. The van der Waals surface area contributed by atoms with Crippen LogP contribution in [0.5, 0.6) is 0 Å². The molecule has 0 fully saturated rings. The molecule has 1 N–H and O–H groups in total. The maximum atomic E-state index is 12.6. The van der Waals surface area contributed by atoms with Crippen molar-refractivity contribution in [3.8, 4) is 0 Å². The Labute approximate surface area is 127 Å². The number of benzene rings is 1. The summed E-state index contributed by atoms with van der Waals surface area (Å²) in [5, 5.41) is 3.27. The zero-order chi connectivity index (χ0) is 15.3. The number of hydrogen-bond donors (Lipinski definition) is 1. The Morgan fingerprint density at radius 1 is 1.40 bits per heavy atom. The number of rotatable bonds is 7. The van der Waals surface area contributed by atoms with E-state index < -0.39 is 10.0 Å². The monoisotopic (exact) mass is 318 g/mol. The van der Waals surface area contributed by atoms with Gasteiger partial charge in [0.2, 0.25) is 10.0 Å². The molecule has 0 aliphatic carbocycles. The van der Waals surface area contributed by atoms with E-state index in [1.165, 1.54) is 4.31 Å². The smallest absolute Gasteiger partial charge is 0.244 e. The highest BCUT2D eigenvalue weighted by Crippen LogP contribution is 2.26. The lowest BCUT2D eigenvalue weighted by Crippen LogP contribution is -2.31. The molecule has 0 heterocycles. The molecule has 1 aromatic carbocycles. The van der Waals surface area contributed by atoms with Crippen LogP contribution in [-0.2, 0) is 16.6 Å². The van der Waals surface area contributed by atoms with Gasteiger partial charge in [0.1, 0.15) is 4.90 Å². The van der Waals surface area contributed by atoms with E-state index in [2.05, 4.69) is 5.32 Å². The van der Waals surface area contributed by atoms with E-state index in [4.69, 9.17) is 11.6 Å². The topological polar surface area (TPSA) is 49.4 Å². The van der Waals surface area contributed by atoms with Crippen molar-refractivity contribution in [3.63, 3.8) is 0 Å². The minimum Gasteiger partial charge on any atom is -0.316 e. The van der Waals surface area contributed by atoms with Gasteiger partial charge < -0.3 is 5.32 Å². The summed E-state index contributed by atoms with van der Waals surface area (Å²) in [4.78, 5) is 0.178. The van der Waals surface area contributed by atoms with Gasteiger partial charge in [-0.2, -0.15) is 0 Å². The molecule has 6 heteroatoms. The molecular formula is C14H23ClN2O2S. The lowest BCUT2D eigenvalue weighted by atomic mass is 10.1. The van der Waals surface area contributed by atoms with Gasteiger partial charge in [-0.3, -0.25) is 0 Å². The molecule has 1 aromatic rings. The van der Waals surface area contributed by atoms with Crippen LogP contribution in [0.15, 0.2) is 23.1 Å². The lowest BCUT2D eigenvalue weighted by Gasteiger charge is -2.21. The Hall–Kier alpha value is -0.620. The molecule has 0 spiro atoms. The van der Waals surface area contributed by atoms with E-state index in [0.29, 0.717) is 19.0 Å². The molecule has 0 amide bonds. The van der Waals surface area contributed by atoms with Crippen molar-refractivity contribution in [3.05, 3.63) is 28.8 Å². The van der Waals surface area contributed by atoms with Crippen LogP contribution in [-0.4, -0.2) is 33.4 Å². The number of sulfonamides is 1. The second kappa shape index (κ2) is 7.41. The minimum absolute atomic E-state index is 0.178. The maximum Gasteiger partial charge on any atom is 0.244 e. The van der Waals surface area contributed by atoms with E-state index in [1.54, 1.807) is 19.2 Å². The standard InChI is InChI=1S/C14H23ClN2O2S/c1-5-11(2)10-17(4)20(18,19)14-8-12(9-16-3)6-7-13(14)15/h6-8,11,16H,5,9-10H2,1-4H3. The van der Waals surface area contributed by atoms with Gasteiger partial charge in [-0.25, -0.2) is 12.7 Å². The fraction of sp³-hybridized carbons (Fsp3) is 0.571. The molecule has 1 unspecified atom stereocenters. The van der Waals surface area contributed by atoms with Crippen molar-refractivity contribution >= 4 is 21.6 Å². The summed E-state index contributed by atoms with van der Waals surface area (Å²) >= 11 is 6.07. The minimum atomic E-state index is -3.54. The number of hydrogen-bond acceptors (Lipinski definition) is 3. The molecule has 0 aliphatic heterocycles. The van der Waals surface area contributed by atoms with Crippen LogP contribution in [0.3, 0.4) is 0 Å². The molecule has 0 aromatic heterocycles. The van der Waals surface area contributed by atoms with Crippen LogP contribution in [0, 0.1) is 5.92 Å². The summed E-state index contributed by atoms with van der Waals surface area (Å²) < 4.78 is 26.5. The molecular weight excluding hydrogens is 296 g/mol. The number of nitrogens with one attached hydrogen (secondary N) is 1. The summed E-state index contributed by atoms with van der Waals surface area (Å²) in [5.41, 5.74) is 0.896. The molecule has 0 bridgehead atoms. The molecule has 114 valence electrons. The molecule has 0 radical (unpaired) electrons. The van der Waals surface area contributed by atoms with Crippen LogP contribution in [0.4, 0.5) is 0 Å². The summed E-state index contributed by atoms with van der Waals surface area (Å²) in [5.74, 6) is 0.314. The predicted octanol–water partition coefficient (Wildman–Crippen LogP) is 2.73. The Balaban J connectivity index is 3.10. The van der Waals surface area contributed by atoms with Gasteiger partial charge >= 0.3 is 0 Å². The molecule has 0 saturated carbocycles. The first kappa shape index (κ1) is 17.4. The van der Waals surface area contributed by atoms with Crippen molar-refractivity contribution in [2.45, 2.75) is 31.7 Å². The van der Waals surface area contributed by atoms with Crippen LogP contribution in [0.2, 0.25) is 5.02 Å². The second-order valence-corrected chi connectivity index (χ2v) is 7.51. The van der Waals surface area contributed by atoms with E-state index >= 15 is 0 Å². The van der Waals surface area contributed by atoms with Crippen LogP contribution >= 0.6 is 11.6 Å². The van der Waals surface area contributed by atoms with Crippen LogP contribution < -0.4 is 5.32 Å². The largest absolute Gasteiger partial charge is 0.316 e. The highest BCUT2D eigenvalue weighted by Gasteiger charge is 2.24. The zero-order valence-corrected chi connectivity index (χ0v) is 14.1. The fourth-order valence-electron chi connectivity index (χ4n) is 1.89. The summed E-state index contributed by atoms with van der Waals surface area (Å²) in [6.45, 7) is 5.18. The zero-order valence-electron chi connectivity index (χ0n) is 12.5. The maximum absolute atomic E-state index is 12.6. The van der Waals surface area contributed by atoms with Gasteiger partial charge in [-0.05, 0) is 30.7 Å². The van der Waals surface area contributed by atoms with Crippen molar-refractivity contribution in [1.82, 2.24) is 9.62 Å². The normalized spacial score (nSPS) is 13.7. The van der Waals surface area contributed by atoms with Gasteiger partial charge in [0.25, 0.3) is 0 Å². The SMILES string of the molecule is CCC(C)CN(C)S(=O)(=O)c1cc(CNC)ccc1Cl. The van der Waals surface area contributed by atoms with Crippen molar-refractivity contribution in [1.29, 1.82) is 0 Å². The van der Waals surface area contributed by atoms with Crippen molar-refractivity contribution in [2.75, 3.05) is 20.6 Å². The van der Waals surface area contributed by atoms with Gasteiger partial charge in [0.05, 0.1) is 5.02 Å². The summed E-state index contributed by atoms with van der Waals surface area (Å²) in [6, 6.07) is 5.10. The van der Waals surface area contributed by atoms with E-state index in [9.17, 15) is 8.42 Å². The first-order valence-electron chi connectivity index (χ1n) is 6.72. The van der Waals surface area contributed by atoms with Crippen molar-refractivity contribution < 1.29 is 8.42 Å². The summed E-state index contributed by atoms with van der Waals surface area (Å²) in [7, 11) is -0.125. The molecule has 0 aliphatic rings. The molecule has 1 rings (SSSR count). The van der Waals surface area contributed by atoms with Gasteiger partial charge in [-0.1, -0.05) is 37.9 Å². The van der Waals surface area contributed by atoms with E-state index in [1.807, 2.05) is 27.0 Å². The molecule has 1 atom stereocenters. The highest BCUT2D eigenvalue weighted by molar-refractivity contribution is 7.89. The van der Waals surface area contributed by atoms with Gasteiger partial charge in [0.15, 0.2) is 0 Å². The van der Waals surface area contributed by atoms with Gasteiger partial charge in [0, 0.05) is 20.1 Å². The third-order valence-corrected chi connectivity index (χ3v) is 5.64. The van der Waals surface area contributed by atoms with E-state index in [0.717, 1.165) is 12.0 Å². The Morgan fingerprint density at radius 3 is 2.60 bits per heavy atom. The van der Waals surface area contributed by atoms with Crippen molar-refractivity contribution in [2.24, 2.45) is 5.92 Å². The molecule has 20 heavy (non-hydrogen) atoms. The fourth-order valence-corrected chi connectivity index (χ4v) is 3.70. The Kier molecular flexibility index (Phi) is 6.45. The van der Waals surface area contributed by atoms with E-state index in [-0.39, 0.29) is 9.92 Å². The van der Waals surface area contributed by atoms with Crippen LogP contribution in [0.25, 0.3) is 0 Å². The van der Waals surface area contributed by atoms with Crippen LogP contribution in [0.1, 0.15) is 25.8 Å². The average molecular weight is 319 g/mol. The first-order chi connectivity index (χ1) is 9.32. The third-order valence-electron chi connectivity index (χ3n) is 3.33. The quantitative estimate of drug-likeness (QED) is 0.841. The Bertz CT molecular complexity index is 546. The lowest BCUT2D eigenvalue weighted by molar-refractivity contribution is 0.393. The molecule has 4 nitrogen and oxygen atoms in total. The predicted molar refractivity (Wildman–Crippen MR) is 83.5 cm³/mol. The third kappa shape index (κ3) is 4.19. The summed E-state index contributed by atoms with van der Waals surface area (Å²) in [6.07, 6.45) is 0.938. The average Bonchev–Trinajstić information content (AvgIpc) is 2.40. The molecule has 0 saturated heterocycles. The highest BCUT2D eigenvalue weighted by atomic mass is 35.5. The van der Waals surface area contributed by atoms with Gasteiger partial charge in [-0.15, -0.1) is 0 Å². The Morgan fingerprint density at radius 2 is 2.05 bits per heavy atom. The first-order valence-corrected chi connectivity index (χ1v) is 8.54.